The number of nitrogens with zero attached hydrogens (tertiary/aromatic N) is 1. The maximum Gasteiger partial charge on any atom is 0.227 e. The van der Waals surface area contributed by atoms with Crippen LogP contribution in [0.5, 0.6) is 5.75 Å². The standard InChI is InChI=1S/C21H26N2O3/c1-17-2-8-20(9-3-17)26-13-10-21(24)22-19-6-4-18(5-7-19)16-23-11-14-25-15-12-23/h2-9H,10-16H2,1H3,(H,22,24). The lowest BCUT2D eigenvalue weighted by Crippen LogP contribution is -2.35. The highest BCUT2D eigenvalue weighted by Crippen LogP contribution is 2.14. The summed E-state index contributed by atoms with van der Waals surface area (Å²) in [5.41, 5.74) is 3.25. The maximum absolute atomic E-state index is 12.0. The van der Waals surface area contributed by atoms with Gasteiger partial charge in [-0.15, -0.1) is 0 Å². The quantitative estimate of drug-likeness (QED) is 0.829. The first-order valence-electron chi connectivity index (χ1n) is 9.07. The van der Waals surface area contributed by atoms with Gasteiger partial charge in [0.05, 0.1) is 26.2 Å². The Bertz CT molecular complexity index is 692. The highest BCUT2D eigenvalue weighted by molar-refractivity contribution is 5.90. The molecule has 1 fully saturated rings. The lowest BCUT2D eigenvalue weighted by Gasteiger charge is -2.26. The third-order valence-corrected chi connectivity index (χ3v) is 4.37. The smallest absolute Gasteiger partial charge is 0.227 e. The van der Waals surface area contributed by atoms with E-state index in [9.17, 15) is 4.79 Å². The molecule has 5 nitrogen and oxygen atoms in total. The Hall–Kier alpha value is -2.37. The Balaban J connectivity index is 1.40. The first-order valence-corrected chi connectivity index (χ1v) is 9.07. The van der Waals surface area contributed by atoms with E-state index in [0.717, 1.165) is 44.3 Å². The van der Waals surface area contributed by atoms with Crippen molar-refractivity contribution < 1.29 is 14.3 Å². The molecular formula is C21H26N2O3. The van der Waals surface area contributed by atoms with Crippen LogP contribution in [0.2, 0.25) is 0 Å². The Kier molecular flexibility index (Phi) is 6.63. The van der Waals surface area contributed by atoms with Gasteiger partial charge in [0.15, 0.2) is 0 Å². The molecule has 0 bridgehead atoms. The van der Waals surface area contributed by atoms with Crippen LogP contribution in [0.15, 0.2) is 48.5 Å². The number of carbonyl (C=O) groups is 1. The number of nitrogens with one attached hydrogen (secondary N) is 1. The van der Waals surface area contributed by atoms with E-state index >= 15 is 0 Å². The molecule has 0 aliphatic carbocycles. The second kappa shape index (κ2) is 9.36. The minimum Gasteiger partial charge on any atom is -0.493 e. The number of morpholine rings is 1. The second-order valence-electron chi connectivity index (χ2n) is 6.55. The van der Waals surface area contributed by atoms with Crippen LogP contribution in [-0.2, 0) is 16.1 Å². The van der Waals surface area contributed by atoms with Crippen LogP contribution in [0.1, 0.15) is 17.5 Å². The number of benzene rings is 2. The van der Waals surface area contributed by atoms with Crippen LogP contribution in [0.4, 0.5) is 5.69 Å². The summed E-state index contributed by atoms with van der Waals surface area (Å²) < 4.78 is 11.0. The molecule has 0 atom stereocenters. The number of aryl methyl sites for hydroxylation is 1. The number of carbonyl (C=O) groups excluding carboxylic acids is 1. The fraction of sp³-hybridized carbons (Fsp3) is 0.381. The molecule has 1 N–H and O–H groups in total. The molecule has 0 aromatic heterocycles. The fourth-order valence-corrected chi connectivity index (χ4v) is 2.83. The molecule has 26 heavy (non-hydrogen) atoms. The van der Waals surface area contributed by atoms with Gasteiger partial charge in [0.25, 0.3) is 0 Å². The zero-order chi connectivity index (χ0) is 18.2. The number of hydrogen-bond donors (Lipinski definition) is 1. The van der Waals surface area contributed by atoms with Gasteiger partial charge in [-0.3, -0.25) is 9.69 Å². The summed E-state index contributed by atoms with van der Waals surface area (Å²) >= 11 is 0. The van der Waals surface area contributed by atoms with E-state index in [1.54, 1.807) is 0 Å². The molecule has 2 aromatic carbocycles. The molecule has 138 valence electrons. The van der Waals surface area contributed by atoms with Gasteiger partial charge < -0.3 is 14.8 Å². The Labute approximate surface area is 154 Å². The van der Waals surface area contributed by atoms with E-state index in [4.69, 9.17) is 9.47 Å². The monoisotopic (exact) mass is 354 g/mol. The van der Waals surface area contributed by atoms with Crippen molar-refractivity contribution in [2.24, 2.45) is 0 Å². The largest absolute Gasteiger partial charge is 0.493 e. The summed E-state index contributed by atoms with van der Waals surface area (Å²) in [4.78, 5) is 14.4. The van der Waals surface area contributed by atoms with Crippen molar-refractivity contribution in [3.05, 3.63) is 59.7 Å². The average molecular weight is 354 g/mol. The van der Waals surface area contributed by atoms with Gasteiger partial charge >= 0.3 is 0 Å². The summed E-state index contributed by atoms with van der Waals surface area (Å²) in [5.74, 6) is 0.744. The van der Waals surface area contributed by atoms with Gasteiger partial charge in [-0.1, -0.05) is 29.8 Å². The van der Waals surface area contributed by atoms with Crippen molar-refractivity contribution in [3.63, 3.8) is 0 Å². The number of hydrogen-bond acceptors (Lipinski definition) is 4. The van der Waals surface area contributed by atoms with Crippen LogP contribution >= 0.6 is 0 Å². The molecule has 3 rings (SSSR count). The molecule has 1 aliphatic rings. The summed E-state index contributed by atoms with van der Waals surface area (Å²) in [6.45, 7) is 6.87. The highest BCUT2D eigenvalue weighted by atomic mass is 16.5. The molecule has 0 saturated carbocycles. The van der Waals surface area contributed by atoms with Gasteiger partial charge in [-0.25, -0.2) is 0 Å². The number of ether oxygens (including phenoxy) is 2. The Morgan fingerprint density at radius 3 is 2.46 bits per heavy atom. The highest BCUT2D eigenvalue weighted by Gasteiger charge is 2.10. The molecule has 1 aliphatic heterocycles. The Morgan fingerprint density at radius 1 is 1.08 bits per heavy atom. The van der Waals surface area contributed by atoms with Gasteiger partial charge in [0.1, 0.15) is 5.75 Å². The predicted molar refractivity (Wildman–Crippen MR) is 102 cm³/mol. The molecule has 1 saturated heterocycles. The minimum atomic E-state index is -0.0435. The van der Waals surface area contributed by atoms with E-state index in [1.165, 1.54) is 11.1 Å². The van der Waals surface area contributed by atoms with Gasteiger partial charge in [-0.05, 0) is 36.8 Å². The molecule has 1 heterocycles. The van der Waals surface area contributed by atoms with Crippen LogP contribution < -0.4 is 10.1 Å². The third-order valence-electron chi connectivity index (χ3n) is 4.37. The lowest BCUT2D eigenvalue weighted by molar-refractivity contribution is -0.116. The molecule has 0 unspecified atom stereocenters. The normalized spacial score (nSPS) is 14.8. The van der Waals surface area contributed by atoms with Crippen molar-refractivity contribution in [1.82, 2.24) is 4.90 Å². The summed E-state index contributed by atoms with van der Waals surface area (Å²) in [5, 5.41) is 2.92. The molecule has 2 aromatic rings. The zero-order valence-electron chi connectivity index (χ0n) is 15.2. The fourth-order valence-electron chi connectivity index (χ4n) is 2.83. The first-order chi connectivity index (χ1) is 12.7. The van der Waals surface area contributed by atoms with Crippen LogP contribution in [0, 0.1) is 6.92 Å². The van der Waals surface area contributed by atoms with Crippen molar-refractivity contribution in [2.75, 3.05) is 38.2 Å². The van der Waals surface area contributed by atoms with E-state index in [2.05, 4.69) is 22.3 Å². The van der Waals surface area contributed by atoms with Crippen LogP contribution in [0.25, 0.3) is 0 Å². The molecule has 0 spiro atoms. The number of rotatable bonds is 7. The molecule has 1 amide bonds. The SMILES string of the molecule is Cc1ccc(OCCC(=O)Nc2ccc(CN3CCOCC3)cc2)cc1. The van der Waals surface area contributed by atoms with Gasteiger partial charge in [0.2, 0.25) is 5.91 Å². The average Bonchev–Trinajstić information content (AvgIpc) is 2.66. The second-order valence-corrected chi connectivity index (χ2v) is 6.55. The topological polar surface area (TPSA) is 50.8 Å². The van der Waals surface area contributed by atoms with Crippen molar-refractivity contribution in [2.45, 2.75) is 19.9 Å². The molecule has 0 radical (unpaired) electrons. The van der Waals surface area contributed by atoms with Gasteiger partial charge in [-0.2, -0.15) is 0 Å². The van der Waals surface area contributed by atoms with Crippen molar-refractivity contribution in [1.29, 1.82) is 0 Å². The summed E-state index contributed by atoms with van der Waals surface area (Å²) in [6, 6.07) is 15.9. The van der Waals surface area contributed by atoms with Crippen molar-refractivity contribution >= 4 is 11.6 Å². The van der Waals surface area contributed by atoms with Crippen molar-refractivity contribution in [3.8, 4) is 5.75 Å². The first kappa shape index (κ1) is 18.4. The van der Waals surface area contributed by atoms with E-state index in [0.29, 0.717) is 13.0 Å². The molecular weight excluding hydrogens is 328 g/mol. The molecule has 5 heteroatoms. The van der Waals surface area contributed by atoms with Crippen LogP contribution in [-0.4, -0.2) is 43.7 Å². The third kappa shape index (κ3) is 5.86. The van der Waals surface area contributed by atoms with E-state index < -0.39 is 0 Å². The van der Waals surface area contributed by atoms with Gasteiger partial charge in [0, 0.05) is 25.3 Å². The lowest BCUT2D eigenvalue weighted by atomic mass is 10.2. The van der Waals surface area contributed by atoms with E-state index in [1.807, 2.05) is 43.3 Å². The predicted octanol–water partition coefficient (Wildman–Crippen LogP) is 3.23. The maximum atomic E-state index is 12.0. The van der Waals surface area contributed by atoms with E-state index in [-0.39, 0.29) is 5.91 Å². The number of amides is 1. The minimum absolute atomic E-state index is 0.0435. The van der Waals surface area contributed by atoms with Crippen LogP contribution in [0.3, 0.4) is 0 Å². The number of anilines is 1. The summed E-state index contributed by atoms with van der Waals surface area (Å²) in [7, 11) is 0. The zero-order valence-corrected chi connectivity index (χ0v) is 15.2. The summed E-state index contributed by atoms with van der Waals surface area (Å²) in [6.07, 6.45) is 0.323. The Morgan fingerprint density at radius 2 is 1.77 bits per heavy atom.